The molecule has 29 heavy (non-hydrogen) atoms. The Hall–Kier alpha value is -2.80. The van der Waals surface area contributed by atoms with Crippen molar-refractivity contribution in [2.45, 2.75) is 40.2 Å². The third-order valence-electron chi connectivity index (χ3n) is 4.73. The Kier molecular flexibility index (Phi) is 5.98. The summed E-state index contributed by atoms with van der Waals surface area (Å²) in [5.74, 6) is -0.522. The molecule has 0 amide bonds. The number of esters is 1. The maximum atomic E-state index is 12.8. The molecule has 3 rings (SSSR count). The third kappa shape index (κ3) is 4.15. The van der Waals surface area contributed by atoms with Crippen molar-refractivity contribution in [1.82, 2.24) is 4.98 Å². The second-order valence-electron chi connectivity index (χ2n) is 6.93. The Morgan fingerprint density at radius 3 is 2.52 bits per heavy atom. The molecule has 1 atom stereocenters. The first-order valence-electron chi connectivity index (χ1n) is 9.25. The summed E-state index contributed by atoms with van der Waals surface area (Å²) in [6.45, 7) is 7.24. The smallest absolute Gasteiger partial charge is 0.339 e. The number of rotatable bonds is 5. The van der Waals surface area contributed by atoms with Crippen LogP contribution in [0.1, 0.15) is 62.7 Å². The van der Waals surface area contributed by atoms with Crippen LogP contribution in [0.15, 0.2) is 12.1 Å². The number of ketones is 2. The molecule has 0 aliphatic carbocycles. The topological polar surface area (TPSA) is 94.7 Å². The monoisotopic (exact) mass is 419 g/mol. The molecule has 0 radical (unpaired) electrons. The van der Waals surface area contributed by atoms with E-state index in [1.807, 2.05) is 0 Å². The van der Waals surface area contributed by atoms with Gasteiger partial charge in [-0.1, -0.05) is 11.6 Å². The van der Waals surface area contributed by atoms with Crippen LogP contribution in [0.3, 0.4) is 0 Å². The zero-order chi connectivity index (χ0) is 21.3. The zero-order valence-corrected chi connectivity index (χ0v) is 17.4. The summed E-state index contributed by atoms with van der Waals surface area (Å²) in [5.41, 5.74) is 2.03. The number of aromatic nitrogens is 1. The maximum absolute atomic E-state index is 12.8. The summed E-state index contributed by atoms with van der Waals surface area (Å²) >= 11 is 6.21. The predicted octanol–water partition coefficient (Wildman–Crippen LogP) is 4.08. The van der Waals surface area contributed by atoms with Gasteiger partial charge in [-0.15, -0.1) is 0 Å². The van der Waals surface area contributed by atoms with Crippen molar-refractivity contribution in [2.75, 3.05) is 13.2 Å². The molecular weight excluding hydrogens is 398 g/mol. The van der Waals surface area contributed by atoms with Crippen LogP contribution in [0, 0.1) is 13.8 Å². The number of fused-ring (bicyclic) bond motifs is 1. The van der Waals surface area contributed by atoms with Crippen LogP contribution >= 0.6 is 11.6 Å². The lowest BCUT2D eigenvalue weighted by Gasteiger charge is -2.14. The van der Waals surface area contributed by atoms with Crippen molar-refractivity contribution in [2.24, 2.45) is 0 Å². The first kappa shape index (κ1) is 20.9. The molecule has 0 spiro atoms. The second-order valence-corrected chi connectivity index (χ2v) is 7.34. The summed E-state index contributed by atoms with van der Waals surface area (Å²) in [7, 11) is 0. The van der Waals surface area contributed by atoms with E-state index >= 15 is 0 Å². The molecule has 0 fully saturated rings. The van der Waals surface area contributed by atoms with Crippen LogP contribution < -0.4 is 9.47 Å². The molecule has 2 aromatic rings. The highest BCUT2D eigenvalue weighted by atomic mass is 35.5. The average molecular weight is 420 g/mol. The highest BCUT2D eigenvalue weighted by Crippen LogP contribution is 2.38. The Labute approximate surface area is 173 Å². The molecule has 1 N–H and O–H groups in total. The van der Waals surface area contributed by atoms with Crippen LogP contribution in [0.4, 0.5) is 0 Å². The number of ether oxygens (including phenoxy) is 3. The molecular formula is C21H22ClNO6. The quantitative estimate of drug-likeness (QED) is 0.579. The lowest BCUT2D eigenvalue weighted by molar-refractivity contribution is 0.0316. The van der Waals surface area contributed by atoms with E-state index in [9.17, 15) is 14.4 Å². The van der Waals surface area contributed by atoms with Gasteiger partial charge >= 0.3 is 5.97 Å². The van der Waals surface area contributed by atoms with Gasteiger partial charge in [0.15, 0.2) is 23.4 Å². The predicted molar refractivity (Wildman–Crippen MR) is 107 cm³/mol. The zero-order valence-electron chi connectivity index (χ0n) is 16.7. The summed E-state index contributed by atoms with van der Waals surface area (Å²) in [6, 6.07) is 2.91. The molecule has 7 nitrogen and oxygen atoms in total. The molecule has 1 aliphatic heterocycles. The molecule has 0 saturated carbocycles. The van der Waals surface area contributed by atoms with Crippen molar-refractivity contribution in [3.8, 4) is 11.5 Å². The normalized spacial score (nSPS) is 14.1. The van der Waals surface area contributed by atoms with Gasteiger partial charge in [-0.2, -0.15) is 0 Å². The SMILES string of the molecule is CC(=O)c1c(C)[nH]c(C(=O)[C@H](C)OC(=O)c2cc(Cl)c3c(c2)OCCCO3)c1C. The number of H-pyrrole nitrogens is 1. The Balaban J connectivity index is 1.80. The van der Waals surface area contributed by atoms with Crippen molar-refractivity contribution < 1.29 is 28.6 Å². The Morgan fingerprint density at radius 1 is 1.17 bits per heavy atom. The van der Waals surface area contributed by atoms with Crippen molar-refractivity contribution >= 4 is 29.1 Å². The molecule has 154 valence electrons. The van der Waals surface area contributed by atoms with Gasteiger partial charge in [-0.25, -0.2) is 4.79 Å². The van der Waals surface area contributed by atoms with Gasteiger partial charge in [0, 0.05) is 17.7 Å². The molecule has 1 aliphatic rings. The van der Waals surface area contributed by atoms with E-state index in [4.69, 9.17) is 25.8 Å². The van der Waals surface area contributed by atoms with Crippen molar-refractivity contribution in [3.05, 3.63) is 45.2 Å². The Morgan fingerprint density at radius 2 is 1.86 bits per heavy atom. The van der Waals surface area contributed by atoms with Crippen LogP contribution in [0.5, 0.6) is 11.5 Å². The van der Waals surface area contributed by atoms with E-state index in [0.717, 1.165) is 0 Å². The number of hydrogen-bond acceptors (Lipinski definition) is 6. The van der Waals surface area contributed by atoms with E-state index in [1.54, 1.807) is 13.8 Å². The number of Topliss-reactive ketones (excluding diaryl/α,β-unsaturated/α-hetero) is 2. The number of halogens is 1. The van der Waals surface area contributed by atoms with Crippen LogP contribution in [-0.4, -0.2) is 41.8 Å². The van der Waals surface area contributed by atoms with Gasteiger partial charge in [0.05, 0.1) is 29.5 Å². The molecule has 2 heterocycles. The highest BCUT2D eigenvalue weighted by Gasteiger charge is 2.27. The fourth-order valence-electron chi connectivity index (χ4n) is 3.36. The van der Waals surface area contributed by atoms with Gasteiger partial charge in [0.25, 0.3) is 0 Å². The largest absolute Gasteiger partial charge is 0.489 e. The highest BCUT2D eigenvalue weighted by molar-refractivity contribution is 6.32. The minimum absolute atomic E-state index is 0.137. The average Bonchev–Trinajstić information content (AvgIpc) is 2.82. The van der Waals surface area contributed by atoms with Crippen LogP contribution in [0.2, 0.25) is 5.02 Å². The second kappa shape index (κ2) is 8.29. The minimum Gasteiger partial charge on any atom is -0.489 e. The Bertz CT molecular complexity index is 994. The number of aryl methyl sites for hydroxylation is 1. The fourth-order valence-corrected chi connectivity index (χ4v) is 3.62. The van der Waals surface area contributed by atoms with Gasteiger partial charge < -0.3 is 19.2 Å². The summed E-state index contributed by atoms with van der Waals surface area (Å²) in [6.07, 6.45) is -0.359. The molecule has 0 unspecified atom stereocenters. The number of carbonyl (C=O) groups excluding carboxylic acids is 3. The van der Waals surface area contributed by atoms with Gasteiger partial charge in [0.2, 0.25) is 5.78 Å². The van der Waals surface area contributed by atoms with E-state index < -0.39 is 17.9 Å². The van der Waals surface area contributed by atoms with Gasteiger partial charge in [-0.3, -0.25) is 9.59 Å². The maximum Gasteiger partial charge on any atom is 0.339 e. The number of aromatic amines is 1. The lowest BCUT2D eigenvalue weighted by atomic mass is 10.0. The van der Waals surface area contributed by atoms with Crippen LogP contribution in [0.25, 0.3) is 0 Å². The first-order valence-corrected chi connectivity index (χ1v) is 9.63. The van der Waals surface area contributed by atoms with E-state index in [1.165, 1.54) is 26.0 Å². The van der Waals surface area contributed by atoms with E-state index in [-0.39, 0.29) is 22.1 Å². The molecule has 1 aromatic carbocycles. The molecule has 0 bridgehead atoms. The van der Waals surface area contributed by atoms with E-state index in [2.05, 4.69) is 4.98 Å². The van der Waals surface area contributed by atoms with E-state index in [0.29, 0.717) is 48.0 Å². The number of benzene rings is 1. The number of hydrogen-bond donors (Lipinski definition) is 1. The summed E-state index contributed by atoms with van der Waals surface area (Å²) in [4.78, 5) is 40.1. The first-order chi connectivity index (χ1) is 13.7. The van der Waals surface area contributed by atoms with Crippen molar-refractivity contribution in [3.63, 3.8) is 0 Å². The summed E-state index contributed by atoms with van der Waals surface area (Å²) < 4.78 is 16.5. The molecule has 1 aromatic heterocycles. The summed E-state index contributed by atoms with van der Waals surface area (Å²) in [5, 5.41) is 0.234. The van der Waals surface area contributed by atoms with Gasteiger partial charge in [-0.05, 0) is 45.4 Å². The standard InChI is InChI=1S/C21H22ClNO6/c1-10-17(12(3)24)11(2)23-18(10)19(25)13(4)29-21(26)14-8-15(22)20-16(9-14)27-6-5-7-28-20/h8-9,13,23H,5-7H2,1-4H3/t13-/m0/s1. The third-order valence-corrected chi connectivity index (χ3v) is 5.01. The van der Waals surface area contributed by atoms with Gasteiger partial charge in [0.1, 0.15) is 0 Å². The molecule has 0 saturated heterocycles. The molecule has 8 heteroatoms. The fraction of sp³-hybridized carbons (Fsp3) is 0.381. The number of nitrogens with one attached hydrogen (secondary N) is 1. The lowest BCUT2D eigenvalue weighted by Crippen LogP contribution is -2.25. The van der Waals surface area contributed by atoms with Crippen molar-refractivity contribution in [1.29, 1.82) is 0 Å². The minimum atomic E-state index is -1.06. The van der Waals surface area contributed by atoms with Crippen LogP contribution in [-0.2, 0) is 4.74 Å². The number of carbonyl (C=O) groups is 3.